The lowest BCUT2D eigenvalue weighted by atomic mass is 9.99. The lowest BCUT2D eigenvalue weighted by molar-refractivity contribution is -0.862. The molecule has 0 aromatic heterocycles. The molecule has 0 aliphatic heterocycles. The van der Waals surface area contributed by atoms with E-state index in [9.17, 15) is 9.59 Å². The van der Waals surface area contributed by atoms with Crippen LogP contribution < -0.4 is 15.5 Å². The maximum atomic E-state index is 12.8. The minimum atomic E-state index is -0.230. The first-order valence-electron chi connectivity index (χ1n) is 10.5. The summed E-state index contributed by atoms with van der Waals surface area (Å²) in [6, 6.07) is 25.5. The van der Waals surface area contributed by atoms with E-state index in [0.29, 0.717) is 0 Å². The molecule has 160 valence electrons. The van der Waals surface area contributed by atoms with Gasteiger partial charge in [-0.25, -0.2) is 0 Å². The van der Waals surface area contributed by atoms with Crippen LogP contribution in [-0.2, 0) is 9.59 Å². The number of amides is 2. The molecule has 3 aromatic rings. The molecule has 0 heterocycles. The first-order valence-corrected chi connectivity index (χ1v) is 10.5. The Kier molecular flexibility index (Phi) is 7.57. The first-order chi connectivity index (χ1) is 14.9. The highest BCUT2D eigenvalue weighted by atomic mass is 16.2. The maximum Gasteiger partial charge on any atom is 0.279 e. The van der Waals surface area contributed by atoms with E-state index in [-0.39, 0.29) is 30.9 Å². The molecule has 0 saturated carbocycles. The van der Waals surface area contributed by atoms with Crippen LogP contribution in [-0.4, -0.2) is 32.0 Å². The predicted molar refractivity (Wildman–Crippen MR) is 124 cm³/mol. The van der Waals surface area contributed by atoms with E-state index in [1.54, 1.807) is 0 Å². The van der Waals surface area contributed by atoms with Gasteiger partial charge < -0.3 is 15.5 Å². The first kappa shape index (κ1) is 22.2. The second kappa shape index (κ2) is 10.5. The molecule has 0 saturated heterocycles. The number of likely N-dealkylation sites (N-methyl/N-ethyl adjacent to an activating group) is 1. The molecule has 2 amide bonds. The van der Waals surface area contributed by atoms with Crippen LogP contribution in [0.25, 0.3) is 0 Å². The van der Waals surface area contributed by atoms with E-state index in [2.05, 4.69) is 10.6 Å². The van der Waals surface area contributed by atoms with Crippen LogP contribution in [0, 0.1) is 13.8 Å². The van der Waals surface area contributed by atoms with Crippen molar-refractivity contribution < 1.29 is 14.5 Å². The summed E-state index contributed by atoms with van der Waals surface area (Å²) in [6.07, 6.45) is 0. The van der Waals surface area contributed by atoms with Crippen LogP contribution in [0.5, 0.6) is 0 Å². The standard InChI is InChI=1S/C26H29N3O2/c1-19-11-10-12-20(2)25(19)27-23(30)17-29(3)18-24(31)28-26(21-13-6-4-7-14-21)22-15-8-5-9-16-22/h4-16,26H,17-18H2,1-3H3,(H,27,30)(H,28,31)/p+1. The lowest BCUT2D eigenvalue weighted by Gasteiger charge is -2.21. The molecule has 31 heavy (non-hydrogen) atoms. The van der Waals surface area contributed by atoms with Gasteiger partial charge in [-0.3, -0.25) is 9.59 Å². The Labute approximate surface area is 184 Å². The number of quaternary nitrogens is 1. The Morgan fingerprint density at radius 3 is 1.74 bits per heavy atom. The smallest absolute Gasteiger partial charge is 0.279 e. The molecule has 0 aliphatic carbocycles. The highest BCUT2D eigenvalue weighted by molar-refractivity contribution is 5.93. The predicted octanol–water partition coefficient (Wildman–Crippen LogP) is 2.66. The largest absolute Gasteiger partial charge is 0.340 e. The van der Waals surface area contributed by atoms with Crippen LogP contribution in [0.4, 0.5) is 5.69 Å². The fourth-order valence-corrected chi connectivity index (χ4v) is 3.67. The van der Waals surface area contributed by atoms with E-state index in [1.165, 1.54) is 0 Å². The monoisotopic (exact) mass is 416 g/mol. The van der Waals surface area contributed by atoms with Gasteiger partial charge in [0.1, 0.15) is 0 Å². The van der Waals surface area contributed by atoms with Crippen LogP contribution in [0.1, 0.15) is 28.3 Å². The van der Waals surface area contributed by atoms with Crippen molar-refractivity contribution in [1.29, 1.82) is 0 Å². The average molecular weight is 417 g/mol. The quantitative estimate of drug-likeness (QED) is 0.529. The van der Waals surface area contributed by atoms with Crippen molar-refractivity contribution in [1.82, 2.24) is 5.32 Å². The van der Waals surface area contributed by atoms with Crippen LogP contribution in [0.3, 0.4) is 0 Å². The second-order valence-corrected chi connectivity index (χ2v) is 7.95. The molecule has 1 unspecified atom stereocenters. The van der Waals surface area contributed by atoms with E-state index in [1.807, 2.05) is 99.8 Å². The fourth-order valence-electron chi connectivity index (χ4n) is 3.67. The van der Waals surface area contributed by atoms with Gasteiger partial charge in [-0.2, -0.15) is 0 Å². The third kappa shape index (κ3) is 6.27. The van der Waals surface area contributed by atoms with Crippen molar-refractivity contribution in [2.45, 2.75) is 19.9 Å². The number of rotatable bonds is 8. The molecule has 0 radical (unpaired) electrons. The zero-order valence-corrected chi connectivity index (χ0v) is 18.3. The van der Waals surface area contributed by atoms with Gasteiger partial charge in [-0.05, 0) is 36.1 Å². The highest BCUT2D eigenvalue weighted by Gasteiger charge is 2.20. The summed E-state index contributed by atoms with van der Waals surface area (Å²) >= 11 is 0. The molecule has 3 aromatic carbocycles. The van der Waals surface area contributed by atoms with Gasteiger partial charge in [-0.1, -0.05) is 78.9 Å². The molecule has 0 aliphatic rings. The Bertz CT molecular complexity index is 960. The van der Waals surface area contributed by atoms with E-state index >= 15 is 0 Å². The molecule has 5 heteroatoms. The zero-order chi connectivity index (χ0) is 22.2. The third-order valence-electron chi connectivity index (χ3n) is 5.24. The number of benzene rings is 3. The summed E-state index contributed by atoms with van der Waals surface area (Å²) in [4.78, 5) is 26.1. The molecule has 0 spiro atoms. The second-order valence-electron chi connectivity index (χ2n) is 7.95. The van der Waals surface area contributed by atoms with E-state index < -0.39 is 0 Å². The number of hydrogen-bond acceptors (Lipinski definition) is 2. The van der Waals surface area contributed by atoms with E-state index in [0.717, 1.165) is 32.8 Å². The minimum Gasteiger partial charge on any atom is -0.340 e. The minimum absolute atomic E-state index is 0.102. The molecule has 0 fully saturated rings. The molecule has 0 bridgehead atoms. The summed E-state index contributed by atoms with van der Waals surface area (Å²) in [5.74, 6) is -0.208. The normalized spacial score (nSPS) is 11.7. The molecule has 1 atom stereocenters. The summed E-state index contributed by atoms with van der Waals surface area (Å²) < 4.78 is 0. The number of carbonyl (C=O) groups excluding carboxylic acids is 2. The van der Waals surface area contributed by atoms with Gasteiger partial charge in [0.05, 0.1) is 13.1 Å². The van der Waals surface area contributed by atoms with Gasteiger partial charge in [0.15, 0.2) is 13.1 Å². The lowest BCUT2D eigenvalue weighted by Crippen LogP contribution is -3.11. The number of para-hydroxylation sites is 1. The summed E-state index contributed by atoms with van der Waals surface area (Å²) in [5.41, 5.74) is 4.94. The van der Waals surface area contributed by atoms with Gasteiger partial charge in [0.2, 0.25) is 0 Å². The van der Waals surface area contributed by atoms with Crippen LogP contribution in [0.15, 0.2) is 78.9 Å². The number of carbonyl (C=O) groups is 2. The van der Waals surface area contributed by atoms with Crippen LogP contribution >= 0.6 is 0 Å². The molecule has 3 N–H and O–H groups in total. The van der Waals surface area contributed by atoms with Crippen molar-refractivity contribution >= 4 is 17.5 Å². The van der Waals surface area contributed by atoms with Crippen molar-refractivity contribution in [3.63, 3.8) is 0 Å². The summed E-state index contributed by atoms with van der Waals surface area (Å²) in [5, 5.41) is 6.11. The third-order valence-corrected chi connectivity index (χ3v) is 5.24. The van der Waals surface area contributed by atoms with Crippen molar-refractivity contribution in [2.75, 3.05) is 25.5 Å². The Morgan fingerprint density at radius 2 is 1.23 bits per heavy atom. The van der Waals surface area contributed by atoms with Crippen LogP contribution in [0.2, 0.25) is 0 Å². The van der Waals surface area contributed by atoms with Gasteiger partial charge in [0, 0.05) is 5.69 Å². The Morgan fingerprint density at radius 1 is 0.742 bits per heavy atom. The van der Waals surface area contributed by atoms with Gasteiger partial charge in [-0.15, -0.1) is 0 Å². The Hall–Kier alpha value is -3.44. The molecular formula is C26H30N3O2+. The van der Waals surface area contributed by atoms with E-state index in [4.69, 9.17) is 0 Å². The number of nitrogens with one attached hydrogen (secondary N) is 3. The zero-order valence-electron chi connectivity index (χ0n) is 18.3. The van der Waals surface area contributed by atoms with Gasteiger partial charge >= 0.3 is 0 Å². The van der Waals surface area contributed by atoms with Crippen molar-refractivity contribution in [2.24, 2.45) is 0 Å². The maximum absolute atomic E-state index is 12.8. The number of hydrogen-bond donors (Lipinski definition) is 3. The Balaban J connectivity index is 1.61. The summed E-state index contributed by atoms with van der Waals surface area (Å²) in [7, 11) is 1.85. The highest BCUT2D eigenvalue weighted by Crippen LogP contribution is 2.21. The van der Waals surface area contributed by atoms with Crippen molar-refractivity contribution in [3.8, 4) is 0 Å². The molecule has 5 nitrogen and oxygen atoms in total. The average Bonchev–Trinajstić information content (AvgIpc) is 2.76. The topological polar surface area (TPSA) is 62.6 Å². The van der Waals surface area contributed by atoms with Crippen molar-refractivity contribution in [3.05, 3.63) is 101 Å². The molecular weight excluding hydrogens is 386 g/mol. The number of aryl methyl sites for hydroxylation is 2. The van der Waals surface area contributed by atoms with Gasteiger partial charge in [0.25, 0.3) is 11.8 Å². The fraction of sp³-hybridized carbons (Fsp3) is 0.231. The summed E-state index contributed by atoms with van der Waals surface area (Å²) in [6.45, 7) is 4.36. The molecule has 3 rings (SSSR count). The SMILES string of the molecule is Cc1cccc(C)c1NC(=O)C[NH+](C)CC(=O)NC(c1ccccc1)c1ccccc1. The number of anilines is 1.